The van der Waals surface area contributed by atoms with Crippen LogP contribution in [0.15, 0.2) is 48.5 Å². The highest BCUT2D eigenvalue weighted by Gasteiger charge is 2.25. The molecule has 1 heterocycles. The van der Waals surface area contributed by atoms with Crippen molar-refractivity contribution in [3.05, 3.63) is 59.9 Å². The number of piperazine rings is 1. The Balaban J connectivity index is 0.000000281. The highest BCUT2D eigenvalue weighted by Crippen LogP contribution is 2.16. The minimum Gasteiger partial charge on any atom is -0.491 e. The van der Waals surface area contributed by atoms with Gasteiger partial charge in [-0.15, -0.1) is 0 Å². The van der Waals surface area contributed by atoms with E-state index in [1.807, 2.05) is 27.8 Å². The van der Waals surface area contributed by atoms with Crippen LogP contribution in [0.4, 0.5) is 14.9 Å². The molecule has 0 bridgehead atoms. The maximum absolute atomic E-state index is 13.3. The van der Waals surface area contributed by atoms with Crippen LogP contribution in [0.25, 0.3) is 0 Å². The molecule has 1 N–H and O–H groups in total. The average molecular weight is 516 g/mol. The summed E-state index contributed by atoms with van der Waals surface area (Å²) in [4.78, 5) is 25.3. The van der Waals surface area contributed by atoms with Crippen LogP contribution in [0.1, 0.15) is 52.0 Å². The molecule has 8 heteroatoms. The van der Waals surface area contributed by atoms with Crippen molar-refractivity contribution >= 4 is 18.2 Å². The Morgan fingerprint density at radius 2 is 1.62 bits per heavy atom. The summed E-state index contributed by atoms with van der Waals surface area (Å²) in [5.74, 6) is 0.0691. The van der Waals surface area contributed by atoms with Crippen molar-refractivity contribution in [3.8, 4) is 5.75 Å². The lowest BCUT2D eigenvalue weighted by molar-refractivity contribution is -0.119. The Hall–Kier alpha value is -3.29. The van der Waals surface area contributed by atoms with E-state index in [1.165, 1.54) is 24.5 Å². The molecule has 1 aliphatic heterocycles. The largest absolute Gasteiger partial charge is 0.491 e. The maximum Gasteiger partial charge on any atom is 0.410 e. The first-order chi connectivity index (χ1) is 17.7. The molecule has 37 heavy (non-hydrogen) atoms. The Bertz CT molecular complexity index is 939. The zero-order chi connectivity index (χ0) is 27.1. The van der Waals surface area contributed by atoms with Gasteiger partial charge in [0, 0.05) is 38.9 Å². The normalized spacial score (nSPS) is 13.3. The number of nitrogens with one attached hydrogen (secondary N) is 1. The molecule has 0 unspecified atom stereocenters. The summed E-state index contributed by atoms with van der Waals surface area (Å²) < 4.78 is 24.0. The van der Waals surface area contributed by atoms with E-state index in [0.717, 1.165) is 31.4 Å². The van der Waals surface area contributed by atoms with Gasteiger partial charge in [0.2, 0.25) is 6.41 Å². The third-order valence-electron chi connectivity index (χ3n) is 5.81. The van der Waals surface area contributed by atoms with E-state index in [2.05, 4.69) is 29.6 Å². The number of rotatable bonds is 10. The van der Waals surface area contributed by atoms with Gasteiger partial charge in [0.05, 0.1) is 6.61 Å². The van der Waals surface area contributed by atoms with Crippen LogP contribution in [0.2, 0.25) is 0 Å². The number of aryl methyl sites for hydroxylation is 1. The van der Waals surface area contributed by atoms with Crippen molar-refractivity contribution in [1.29, 1.82) is 0 Å². The molecule has 0 atom stereocenters. The van der Waals surface area contributed by atoms with Crippen LogP contribution in [0.3, 0.4) is 0 Å². The first kappa shape index (κ1) is 29.9. The van der Waals surface area contributed by atoms with Crippen LogP contribution in [0.5, 0.6) is 5.75 Å². The lowest BCUT2D eigenvalue weighted by Gasteiger charge is -2.33. The molecule has 0 saturated carbocycles. The quantitative estimate of drug-likeness (QED) is 0.323. The van der Waals surface area contributed by atoms with Crippen LogP contribution >= 0.6 is 0 Å². The SMILES string of the molecule is CC(C)(C)OC(=O)N1CCN(C=O)CC1.CNc1ccc(CCCCCCOc2ccccc2F)cc1. The van der Waals surface area contributed by atoms with Crippen molar-refractivity contribution in [3.63, 3.8) is 0 Å². The maximum atomic E-state index is 13.3. The molecule has 204 valence electrons. The summed E-state index contributed by atoms with van der Waals surface area (Å²) in [6.07, 6.45) is 6.06. The molecular formula is C29H42FN3O4. The van der Waals surface area contributed by atoms with E-state index in [-0.39, 0.29) is 11.9 Å². The second kappa shape index (κ2) is 15.7. The Kier molecular flexibility index (Phi) is 12.7. The van der Waals surface area contributed by atoms with Gasteiger partial charge in [0.1, 0.15) is 5.60 Å². The van der Waals surface area contributed by atoms with Gasteiger partial charge in [-0.3, -0.25) is 4.79 Å². The van der Waals surface area contributed by atoms with Gasteiger partial charge >= 0.3 is 6.09 Å². The van der Waals surface area contributed by atoms with E-state index in [4.69, 9.17) is 9.47 Å². The molecule has 2 aromatic rings. The molecule has 7 nitrogen and oxygen atoms in total. The van der Waals surface area contributed by atoms with Crippen molar-refractivity contribution < 1.29 is 23.5 Å². The Morgan fingerprint density at radius 3 is 2.22 bits per heavy atom. The molecule has 0 spiro atoms. The van der Waals surface area contributed by atoms with Crippen LogP contribution in [-0.4, -0.2) is 67.7 Å². The molecule has 2 amide bonds. The number of unbranched alkanes of at least 4 members (excludes halogenated alkanes) is 3. The van der Waals surface area contributed by atoms with Gasteiger partial charge in [-0.2, -0.15) is 0 Å². The molecule has 1 saturated heterocycles. The summed E-state index contributed by atoms with van der Waals surface area (Å²) in [6, 6.07) is 15.1. The number of benzene rings is 2. The fourth-order valence-electron chi connectivity index (χ4n) is 3.70. The Morgan fingerprint density at radius 1 is 0.973 bits per heavy atom. The summed E-state index contributed by atoms with van der Waals surface area (Å²) in [6.45, 7) is 8.37. The van der Waals surface area contributed by atoms with Gasteiger partial charge in [-0.05, 0) is 69.9 Å². The Labute approximate surface area is 220 Å². The number of nitrogens with zero attached hydrogens (tertiary/aromatic N) is 2. The topological polar surface area (TPSA) is 71.1 Å². The molecule has 2 aromatic carbocycles. The molecule has 0 radical (unpaired) electrons. The highest BCUT2D eigenvalue weighted by atomic mass is 19.1. The van der Waals surface area contributed by atoms with E-state index < -0.39 is 5.60 Å². The number of amides is 2. The number of hydrogen-bond acceptors (Lipinski definition) is 5. The average Bonchev–Trinajstić information content (AvgIpc) is 2.89. The lowest BCUT2D eigenvalue weighted by Crippen LogP contribution is -2.49. The number of carbonyl (C=O) groups is 2. The van der Waals surface area contributed by atoms with Crippen molar-refractivity contribution in [2.45, 2.75) is 58.5 Å². The minimum absolute atomic E-state index is 0.285. The zero-order valence-electron chi connectivity index (χ0n) is 22.7. The predicted molar refractivity (Wildman–Crippen MR) is 145 cm³/mol. The molecule has 1 aliphatic rings. The molecule has 0 aromatic heterocycles. The van der Waals surface area contributed by atoms with Gasteiger partial charge < -0.3 is 24.6 Å². The molecule has 0 aliphatic carbocycles. The highest BCUT2D eigenvalue weighted by molar-refractivity contribution is 5.68. The van der Waals surface area contributed by atoms with Crippen molar-refractivity contribution in [2.24, 2.45) is 0 Å². The standard InChI is InChI=1S/C19H24FNO.C10H18N2O3/c1-21-17-13-11-16(12-14-17)8-4-2-3-7-15-22-19-10-6-5-9-18(19)20;1-10(2,3)15-9(14)12-6-4-11(8-13)5-7-12/h5-6,9-14,21H,2-4,7-8,15H2,1H3;8H,4-7H2,1-3H3. The van der Waals surface area contributed by atoms with Crippen molar-refractivity contribution in [2.75, 3.05) is 45.2 Å². The summed E-state index contributed by atoms with van der Waals surface area (Å²) >= 11 is 0. The van der Waals surface area contributed by atoms with Gasteiger partial charge in [0.25, 0.3) is 0 Å². The number of para-hydroxylation sites is 1. The van der Waals surface area contributed by atoms with Gasteiger partial charge in [0.15, 0.2) is 11.6 Å². The van der Waals surface area contributed by atoms with Crippen LogP contribution in [0, 0.1) is 5.82 Å². The fraction of sp³-hybridized carbons (Fsp3) is 0.517. The second-order valence-corrected chi connectivity index (χ2v) is 10.00. The van der Waals surface area contributed by atoms with E-state index >= 15 is 0 Å². The van der Waals surface area contributed by atoms with E-state index in [1.54, 1.807) is 28.0 Å². The number of hydrogen-bond donors (Lipinski definition) is 1. The van der Waals surface area contributed by atoms with Gasteiger partial charge in [-0.25, -0.2) is 9.18 Å². The minimum atomic E-state index is -0.459. The summed E-state index contributed by atoms with van der Waals surface area (Å²) in [7, 11) is 1.93. The van der Waals surface area contributed by atoms with Crippen LogP contribution in [-0.2, 0) is 16.0 Å². The molecule has 3 rings (SSSR count). The van der Waals surface area contributed by atoms with E-state index in [0.29, 0.717) is 38.5 Å². The number of anilines is 1. The lowest BCUT2D eigenvalue weighted by atomic mass is 10.1. The zero-order valence-corrected chi connectivity index (χ0v) is 22.7. The van der Waals surface area contributed by atoms with Crippen LogP contribution < -0.4 is 10.1 Å². The molecular weight excluding hydrogens is 473 g/mol. The number of carbonyl (C=O) groups excluding carboxylic acids is 2. The summed E-state index contributed by atoms with van der Waals surface area (Å²) in [5, 5.41) is 3.12. The molecule has 1 fully saturated rings. The number of halogens is 1. The monoisotopic (exact) mass is 515 g/mol. The first-order valence-corrected chi connectivity index (χ1v) is 13.0. The smallest absolute Gasteiger partial charge is 0.410 e. The van der Waals surface area contributed by atoms with Gasteiger partial charge in [-0.1, -0.05) is 37.1 Å². The number of ether oxygens (including phenoxy) is 2. The fourth-order valence-corrected chi connectivity index (χ4v) is 3.70. The summed E-state index contributed by atoms with van der Waals surface area (Å²) in [5.41, 5.74) is 2.06. The third kappa shape index (κ3) is 12.0. The predicted octanol–water partition coefficient (Wildman–Crippen LogP) is 5.74. The van der Waals surface area contributed by atoms with Crippen molar-refractivity contribution in [1.82, 2.24) is 9.80 Å². The third-order valence-corrected chi connectivity index (χ3v) is 5.81. The second-order valence-electron chi connectivity index (χ2n) is 10.00. The first-order valence-electron chi connectivity index (χ1n) is 13.0. The van der Waals surface area contributed by atoms with E-state index in [9.17, 15) is 14.0 Å².